The molecule has 0 fully saturated rings. The zero-order valence-electron chi connectivity index (χ0n) is 3.14. The fourth-order valence-electron chi connectivity index (χ4n) is 0. The Bertz CT molecular complexity index is 10.9. The fraction of sp³-hybridized carbons (Fsp3) is 0. The Labute approximate surface area is 180 Å². The molecule has 0 unspecified atom stereocenters. The minimum atomic E-state index is 0. The Morgan fingerprint density at radius 2 is 0.429 bits per heavy atom. The third kappa shape index (κ3) is 34.5. The van der Waals surface area contributed by atoms with Gasteiger partial charge in [-0.1, -0.05) is 0 Å². The van der Waals surface area contributed by atoms with E-state index in [1.165, 1.54) is 0 Å². The average Bonchev–Trinajstić information content (AvgIpc) is 0. The van der Waals surface area contributed by atoms with E-state index < -0.39 is 0 Å². The maximum absolute atomic E-state index is 0. The van der Waals surface area contributed by atoms with Gasteiger partial charge in [0.15, 0.2) is 0 Å². The second-order valence-corrected chi connectivity index (χ2v) is 0. The van der Waals surface area contributed by atoms with Gasteiger partial charge in [0, 0.05) is 98.8 Å². The first-order valence-electron chi connectivity index (χ1n) is 0. The molecule has 0 atom stereocenters. The van der Waals surface area contributed by atoms with Crippen LogP contribution in [-0.4, -0.2) is 0 Å². The van der Waals surface area contributed by atoms with Crippen LogP contribution in [0.5, 0.6) is 0 Å². The molecule has 0 aliphatic heterocycles. The van der Waals surface area contributed by atoms with Crippen molar-refractivity contribution in [2.45, 2.75) is 0 Å². The van der Waals surface area contributed by atoms with Crippen molar-refractivity contribution in [1.29, 1.82) is 0 Å². The predicted molar refractivity (Wildman–Crippen MR) is 2.06 cm³/mol. The van der Waals surface area contributed by atoms with Gasteiger partial charge in [-0.2, -0.15) is 0 Å². The molecular formula is Eu2La2O3. The second-order valence-electron chi connectivity index (χ2n) is 0. The minimum Gasteiger partial charge on any atom is -2.00 e. The standard InChI is InChI=1S/2Eu.2La.3O/q;;2*+3;3*-2. The van der Waals surface area contributed by atoms with Crippen LogP contribution in [-0.2, 0) is 16.4 Å². The first kappa shape index (κ1) is 55.0. The van der Waals surface area contributed by atoms with Crippen LogP contribution >= 0.6 is 0 Å². The van der Waals surface area contributed by atoms with Gasteiger partial charge >= 0.3 is 71.2 Å². The summed E-state index contributed by atoms with van der Waals surface area (Å²) in [7, 11) is 0. The van der Waals surface area contributed by atoms with E-state index >= 15 is 0 Å². The van der Waals surface area contributed by atoms with Gasteiger partial charge in [-0.15, -0.1) is 0 Å². The van der Waals surface area contributed by atoms with Gasteiger partial charge in [0.25, 0.3) is 0 Å². The van der Waals surface area contributed by atoms with E-state index in [1.54, 1.807) is 0 Å². The molecule has 0 aromatic carbocycles. The summed E-state index contributed by atoms with van der Waals surface area (Å²) in [6.45, 7) is 0. The van der Waals surface area contributed by atoms with E-state index in [1.807, 2.05) is 0 Å². The molecule has 7 heteroatoms. The van der Waals surface area contributed by atoms with Gasteiger partial charge in [0.05, 0.1) is 0 Å². The summed E-state index contributed by atoms with van der Waals surface area (Å²) >= 11 is 0. The molecule has 0 aliphatic rings. The topological polar surface area (TPSA) is 85.5 Å². The van der Waals surface area contributed by atoms with Crippen molar-refractivity contribution in [3.63, 3.8) is 0 Å². The van der Waals surface area contributed by atoms with Gasteiger partial charge in [-0.3, -0.25) is 0 Å². The molecule has 0 aromatic heterocycles. The molecule has 7 heavy (non-hydrogen) atoms. The summed E-state index contributed by atoms with van der Waals surface area (Å²) in [5.74, 6) is 0. The third-order valence-electron chi connectivity index (χ3n) is 0. The summed E-state index contributed by atoms with van der Waals surface area (Å²) in [6.07, 6.45) is 0. The van der Waals surface area contributed by atoms with Gasteiger partial charge in [0.2, 0.25) is 0 Å². The smallest absolute Gasteiger partial charge is 2.00 e. The van der Waals surface area contributed by atoms with Gasteiger partial charge < -0.3 is 16.4 Å². The zero-order chi connectivity index (χ0) is 0. The van der Waals surface area contributed by atoms with Crippen molar-refractivity contribution >= 4 is 0 Å². The molecule has 0 spiro atoms. The summed E-state index contributed by atoms with van der Waals surface area (Å²) in [6, 6.07) is 0. The molecular weight excluding hydrogens is 630 g/mol. The summed E-state index contributed by atoms with van der Waals surface area (Å²) in [5.41, 5.74) is 0. The molecule has 0 rings (SSSR count). The first-order chi connectivity index (χ1) is 0. The fourth-order valence-corrected chi connectivity index (χ4v) is 0. The van der Waals surface area contributed by atoms with Crippen molar-refractivity contribution in [2.75, 3.05) is 0 Å². The van der Waals surface area contributed by atoms with E-state index in [9.17, 15) is 0 Å². The largest absolute Gasteiger partial charge is 3.00 e. The van der Waals surface area contributed by atoms with Crippen molar-refractivity contribution < 1.29 is 186 Å². The van der Waals surface area contributed by atoms with Crippen molar-refractivity contribution in [1.82, 2.24) is 0 Å². The van der Waals surface area contributed by atoms with E-state index in [2.05, 4.69) is 0 Å². The monoisotopic (exact) mass is 632 g/mol. The maximum atomic E-state index is 0. The Morgan fingerprint density at radius 3 is 0.429 bits per heavy atom. The van der Waals surface area contributed by atoms with Crippen LogP contribution < -0.4 is 0 Å². The molecule has 0 saturated carbocycles. The Kier molecular flexibility index (Phi) is 331. The van der Waals surface area contributed by atoms with Crippen molar-refractivity contribution in [3.8, 4) is 0 Å². The molecule has 0 aromatic rings. The van der Waals surface area contributed by atoms with E-state index in [0.29, 0.717) is 0 Å². The van der Waals surface area contributed by atoms with Crippen molar-refractivity contribution in [3.05, 3.63) is 0 Å². The minimum absolute atomic E-state index is 0. The van der Waals surface area contributed by atoms with Gasteiger partial charge in [-0.25, -0.2) is 0 Å². The van der Waals surface area contributed by atoms with Crippen molar-refractivity contribution in [2.24, 2.45) is 0 Å². The molecule has 0 bridgehead atoms. The van der Waals surface area contributed by atoms with Crippen LogP contribution in [0, 0.1) is 170 Å². The normalized spacial score (nSPS) is 0. The molecule has 0 N–H and O–H groups in total. The Balaban J connectivity index is 0. The summed E-state index contributed by atoms with van der Waals surface area (Å²) in [5, 5.41) is 0. The van der Waals surface area contributed by atoms with Crippen LogP contribution in [0.25, 0.3) is 0 Å². The van der Waals surface area contributed by atoms with Crippen LogP contribution in [0.15, 0.2) is 0 Å². The second kappa shape index (κ2) is 42.1. The van der Waals surface area contributed by atoms with Gasteiger partial charge in [-0.05, 0) is 0 Å². The van der Waals surface area contributed by atoms with E-state index in [-0.39, 0.29) is 186 Å². The number of hydrogen-bond donors (Lipinski definition) is 0. The van der Waals surface area contributed by atoms with Crippen LogP contribution in [0.2, 0.25) is 0 Å². The van der Waals surface area contributed by atoms with E-state index in [4.69, 9.17) is 0 Å². The molecule has 38 valence electrons. The Morgan fingerprint density at radius 1 is 0.429 bits per heavy atom. The number of rotatable bonds is 0. The molecule has 3 nitrogen and oxygen atoms in total. The molecule has 0 saturated heterocycles. The molecule has 0 heterocycles. The molecule has 2 radical (unpaired) electrons. The average molecular weight is 630 g/mol. The van der Waals surface area contributed by atoms with Crippen LogP contribution in [0.4, 0.5) is 0 Å². The Hall–Kier alpha value is 5.44. The maximum Gasteiger partial charge on any atom is 3.00 e. The quantitative estimate of drug-likeness (QED) is 0.351. The summed E-state index contributed by atoms with van der Waals surface area (Å²) < 4.78 is 0. The van der Waals surface area contributed by atoms with Crippen LogP contribution in [0.1, 0.15) is 0 Å². The van der Waals surface area contributed by atoms with Gasteiger partial charge in [0.1, 0.15) is 0 Å². The molecule has 0 aliphatic carbocycles. The van der Waals surface area contributed by atoms with Crippen LogP contribution in [0.3, 0.4) is 0 Å². The first-order valence-corrected chi connectivity index (χ1v) is 0. The number of hydrogen-bond acceptors (Lipinski definition) is 0. The zero-order valence-corrected chi connectivity index (χ0v) is 15.2. The SMILES string of the molecule is [Eu].[Eu].[La+3].[La+3].[O-2].[O-2].[O-2]. The third-order valence-corrected chi connectivity index (χ3v) is 0. The summed E-state index contributed by atoms with van der Waals surface area (Å²) in [4.78, 5) is 0. The van der Waals surface area contributed by atoms with E-state index in [0.717, 1.165) is 0 Å². The predicted octanol–water partition coefficient (Wildman–Crippen LogP) is -0.356. The molecule has 0 amide bonds.